The van der Waals surface area contributed by atoms with Crippen LogP contribution in [0.3, 0.4) is 0 Å². The first-order valence-corrected chi connectivity index (χ1v) is 3.82. The summed E-state index contributed by atoms with van der Waals surface area (Å²) in [7, 11) is 0. The van der Waals surface area contributed by atoms with Crippen molar-refractivity contribution in [2.45, 2.75) is 18.9 Å². The third kappa shape index (κ3) is 0.249. The highest BCUT2D eigenvalue weighted by molar-refractivity contribution is 5.78. The first-order chi connectivity index (χ1) is 4.88. The van der Waals surface area contributed by atoms with E-state index >= 15 is 0 Å². The Bertz CT molecular complexity index is 353. The zero-order valence-corrected chi connectivity index (χ0v) is 5.57. The van der Waals surface area contributed by atoms with Gasteiger partial charge in [-0.15, -0.1) is 0 Å². The van der Waals surface area contributed by atoms with Gasteiger partial charge in [0.25, 0.3) is 0 Å². The summed E-state index contributed by atoms with van der Waals surface area (Å²) in [4.78, 5) is 0. The summed E-state index contributed by atoms with van der Waals surface area (Å²) in [5.74, 6) is 0. The standard InChI is InChI=1S/C9H7N/c10-9-7-5-1-3(5)4-2-6(4)8(7)9/h9H,1-2,10H2. The first kappa shape index (κ1) is 4.14. The lowest BCUT2D eigenvalue weighted by atomic mass is 10.4. The fraction of sp³-hybridized carbons (Fsp3) is 0.333. The predicted octanol–water partition coefficient (Wildman–Crippen LogP) is 0.857. The third-order valence-corrected chi connectivity index (χ3v) is 3.03. The molecular weight excluding hydrogens is 122 g/mol. The zero-order chi connectivity index (χ0) is 6.46. The number of hydrogen-bond donors (Lipinski definition) is 1. The molecule has 0 fully saturated rings. The molecule has 0 atom stereocenters. The maximum Gasteiger partial charge on any atom is 0.0564 e. The Labute approximate surface area is 58.8 Å². The fourth-order valence-corrected chi connectivity index (χ4v) is 2.30. The average molecular weight is 129 g/mol. The highest BCUT2D eigenvalue weighted by atomic mass is 14.7. The lowest BCUT2D eigenvalue weighted by Gasteiger charge is -1.72. The lowest BCUT2D eigenvalue weighted by molar-refractivity contribution is 1.06. The summed E-state index contributed by atoms with van der Waals surface area (Å²) in [5.41, 5.74) is 15.4. The third-order valence-electron chi connectivity index (χ3n) is 3.03. The smallest absolute Gasteiger partial charge is 0.0564 e. The minimum absolute atomic E-state index is 0.363. The lowest BCUT2D eigenvalue weighted by Crippen LogP contribution is -1.88. The van der Waals surface area contributed by atoms with Crippen LogP contribution in [0.5, 0.6) is 0 Å². The Hall–Kier alpha value is -0.820. The van der Waals surface area contributed by atoms with Crippen LogP contribution >= 0.6 is 0 Å². The van der Waals surface area contributed by atoms with Crippen molar-refractivity contribution < 1.29 is 0 Å². The van der Waals surface area contributed by atoms with Gasteiger partial charge < -0.3 is 5.73 Å². The second-order valence-corrected chi connectivity index (χ2v) is 3.57. The van der Waals surface area contributed by atoms with E-state index in [-0.39, 0.29) is 0 Å². The van der Waals surface area contributed by atoms with Gasteiger partial charge in [0.15, 0.2) is 0 Å². The summed E-state index contributed by atoms with van der Waals surface area (Å²) in [5, 5.41) is 0. The molecule has 4 rings (SSSR count). The number of rotatable bonds is 0. The number of hydrogen-bond acceptors (Lipinski definition) is 1. The minimum atomic E-state index is 0.363. The molecule has 0 saturated heterocycles. The van der Waals surface area contributed by atoms with Crippen LogP contribution in [0.4, 0.5) is 0 Å². The summed E-state index contributed by atoms with van der Waals surface area (Å²) in [6.07, 6.45) is 2.54. The highest BCUT2D eigenvalue weighted by Gasteiger charge is 2.48. The largest absolute Gasteiger partial charge is 0.320 e. The van der Waals surface area contributed by atoms with Crippen LogP contribution in [0.15, 0.2) is 0 Å². The molecule has 1 heteroatoms. The van der Waals surface area contributed by atoms with Crippen molar-refractivity contribution in [3.05, 3.63) is 33.4 Å². The highest BCUT2D eigenvalue weighted by Crippen LogP contribution is 2.59. The molecule has 0 saturated carbocycles. The molecule has 1 aromatic rings. The van der Waals surface area contributed by atoms with Crippen molar-refractivity contribution in [2.24, 2.45) is 5.73 Å². The van der Waals surface area contributed by atoms with E-state index < -0.39 is 0 Å². The molecule has 0 radical (unpaired) electrons. The second-order valence-electron chi connectivity index (χ2n) is 3.57. The minimum Gasteiger partial charge on any atom is -0.320 e. The fourth-order valence-electron chi connectivity index (χ4n) is 2.30. The monoisotopic (exact) mass is 129 g/mol. The number of nitrogens with two attached hydrogens (primary N) is 1. The molecule has 10 heavy (non-hydrogen) atoms. The molecule has 0 aromatic heterocycles. The summed E-state index contributed by atoms with van der Waals surface area (Å²) >= 11 is 0. The van der Waals surface area contributed by atoms with Crippen LogP contribution in [0.25, 0.3) is 0 Å². The van der Waals surface area contributed by atoms with Gasteiger partial charge in [0, 0.05) is 0 Å². The van der Waals surface area contributed by atoms with Crippen molar-refractivity contribution >= 4 is 0 Å². The Morgan fingerprint density at radius 2 is 1.40 bits per heavy atom. The van der Waals surface area contributed by atoms with E-state index in [0.29, 0.717) is 6.04 Å². The molecule has 0 aliphatic heterocycles. The zero-order valence-electron chi connectivity index (χ0n) is 5.57. The van der Waals surface area contributed by atoms with Gasteiger partial charge in [-0.2, -0.15) is 0 Å². The maximum atomic E-state index is 5.86. The van der Waals surface area contributed by atoms with Gasteiger partial charge in [-0.25, -0.2) is 0 Å². The van der Waals surface area contributed by atoms with Gasteiger partial charge >= 0.3 is 0 Å². The van der Waals surface area contributed by atoms with Crippen LogP contribution in [0.1, 0.15) is 39.4 Å². The van der Waals surface area contributed by atoms with Gasteiger partial charge in [0.2, 0.25) is 0 Å². The molecule has 0 amide bonds. The molecule has 1 nitrogen and oxygen atoms in total. The van der Waals surface area contributed by atoms with E-state index in [1.54, 1.807) is 22.3 Å². The van der Waals surface area contributed by atoms with Gasteiger partial charge in [0.05, 0.1) is 6.04 Å². The molecule has 3 aliphatic carbocycles. The van der Waals surface area contributed by atoms with E-state index in [9.17, 15) is 0 Å². The van der Waals surface area contributed by atoms with Crippen molar-refractivity contribution in [1.82, 2.24) is 0 Å². The molecule has 1 aromatic carbocycles. The van der Waals surface area contributed by atoms with Crippen LogP contribution in [-0.2, 0) is 12.8 Å². The maximum absolute atomic E-state index is 5.86. The van der Waals surface area contributed by atoms with Crippen molar-refractivity contribution in [2.75, 3.05) is 0 Å². The van der Waals surface area contributed by atoms with Crippen molar-refractivity contribution in [1.29, 1.82) is 0 Å². The van der Waals surface area contributed by atoms with Gasteiger partial charge in [0.1, 0.15) is 0 Å². The summed E-state index contributed by atoms with van der Waals surface area (Å²) < 4.78 is 0. The van der Waals surface area contributed by atoms with Crippen molar-refractivity contribution in [3.8, 4) is 0 Å². The Morgan fingerprint density at radius 1 is 0.900 bits per heavy atom. The van der Waals surface area contributed by atoms with Gasteiger partial charge in [-0.05, 0) is 46.2 Å². The number of fused-ring (bicyclic) bond motifs is 6. The second kappa shape index (κ2) is 0.857. The predicted molar refractivity (Wildman–Crippen MR) is 38.1 cm³/mol. The van der Waals surface area contributed by atoms with Crippen molar-refractivity contribution in [3.63, 3.8) is 0 Å². The molecule has 48 valence electrons. The summed E-state index contributed by atoms with van der Waals surface area (Å²) in [6.45, 7) is 0. The van der Waals surface area contributed by atoms with E-state index in [0.717, 1.165) is 0 Å². The quantitative estimate of drug-likeness (QED) is 0.478. The summed E-state index contributed by atoms with van der Waals surface area (Å²) in [6, 6.07) is 0.363. The molecule has 0 spiro atoms. The molecular formula is C9H7N. The van der Waals surface area contributed by atoms with Crippen LogP contribution in [0, 0.1) is 0 Å². The Kier molecular flexibility index (Phi) is 0.355. The van der Waals surface area contributed by atoms with Crippen LogP contribution in [-0.4, -0.2) is 0 Å². The van der Waals surface area contributed by atoms with E-state index in [1.165, 1.54) is 24.0 Å². The SMILES string of the molecule is NC1c2c3c(c4c(c21)C4)C3. The van der Waals surface area contributed by atoms with Crippen LogP contribution in [0.2, 0.25) is 0 Å². The van der Waals surface area contributed by atoms with Crippen LogP contribution < -0.4 is 5.73 Å². The first-order valence-electron chi connectivity index (χ1n) is 3.82. The van der Waals surface area contributed by atoms with Gasteiger partial charge in [-0.3, -0.25) is 0 Å². The molecule has 0 bridgehead atoms. The molecule has 0 heterocycles. The normalized spacial score (nSPS) is 21.3. The molecule has 3 aliphatic rings. The molecule has 0 unspecified atom stereocenters. The Balaban J connectivity index is 2.27. The van der Waals surface area contributed by atoms with E-state index in [1.807, 2.05) is 0 Å². The Morgan fingerprint density at radius 3 is 1.90 bits per heavy atom. The van der Waals surface area contributed by atoms with E-state index in [2.05, 4.69) is 0 Å². The number of benzene rings is 1. The van der Waals surface area contributed by atoms with Gasteiger partial charge in [-0.1, -0.05) is 0 Å². The average Bonchev–Trinajstić information content (AvgIpc) is 2.62. The topological polar surface area (TPSA) is 26.0 Å². The van der Waals surface area contributed by atoms with E-state index in [4.69, 9.17) is 5.73 Å². The molecule has 2 N–H and O–H groups in total.